The highest BCUT2D eigenvalue weighted by Crippen LogP contribution is 2.09. The molecule has 0 atom stereocenters. The number of nitrogens with two attached hydrogens (primary N) is 1. The molecule has 0 heterocycles. The van der Waals surface area contributed by atoms with Gasteiger partial charge in [-0.25, -0.2) is 16.8 Å². The van der Waals surface area contributed by atoms with Gasteiger partial charge in [-0.2, -0.15) is 4.31 Å². The van der Waals surface area contributed by atoms with Crippen LogP contribution in [-0.2, 0) is 19.9 Å². The van der Waals surface area contributed by atoms with Crippen molar-refractivity contribution in [2.24, 2.45) is 10.9 Å². The lowest BCUT2D eigenvalue weighted by Gasteiger charge is -2.24. The molecule has 0 aromatic rings. The van der Waals surface area contributed by atoms with Crippen molar-refractivity contribution < 1.29 is 22.0 Å². The van der Waals surface area contributed by atoms with E-state index in [1.54, 1.807) is 13.8 Å². The lowest BCUT2D eigenvalue weighted by molar-refractivity contribution is 0.312. The highest BCUT2D eigenvalue weighted by atomic mass is 32.3. The summed E-state index contributed by atoms with van der Waals surface area (Å²) >= 11 is 0. The Labute approximate surface area is 101 Å². The average molecular weight is 287 g/mol. The van der Waals surface area contributed by atoms with E-state index in [1.165, 1.54) is 0 Å². The summed E-state index contributed by atoms with van der Waals surface area (Å²) in [6.07, 6.45) is 0.826. The Bertz CT molecular complexity index is 480. The van der Waals surface area contributed by atoms with Crippen LogP contribution in [-0.4, -0.2) is 56.1 Å². The van der Waals surface area contributed by atoms with Crippen molar-refractivity contribution in [1.29, 1.82) is 0 Å². The molecule has 10 heteroatoms. The minimum Gasteiger partial charge on any atom is -0.409 e. The monoisotopic (exact) mass is 287 g/mol. The van der Waals surface area contributed by atoms with Crippen LogP contribution in [0.2, 0.25) is 0 Å². The van der Waals surface area contributed by atoms with E-state index in [1.807, 2.05) is 0 Å². The first kappa shape index (κ1) is 16.1. The summed E-state index contributed by atoms with van der Waals surface area (Å²) in [7, 11) is -7.69. The molecule has 0 spiro atoms. The quantitative estimate of drug-likeness (QED) is 0.272. The Morgan fingerprint density at radius 3 is 2.12 bits per heavy atom. The molecule has 3 N–H and O–H groups in total. The Kier molecular flexibility index (Phi) is 5.36. The SMILES string of the molecule is CC(C)N(CC(N)=NO)S(=O)(=O)CS(C)(=O)=O. The van der Waals surface area contributed by atoms with Crippen LogP contribution in [0, 0.1) is 0 Å². The fourth-order valence-corrected chi connectivity index (χ4v) is 4.81. The van der Waals surface area contributed by atoms with Gasteiger partial charge >= 0.3 is 0 Å². The first-order chi connectivity index (χ1) is 7.49. The van der Waals surface area contributed by atoms with Crippen molar-refractivity contribution in [3.8, 4) is 0 Å². The van der Waals surface area contributed by atoms with Gasteiger partial charge in [0.05, 0.1) is 6.54 Å². The van der Waals surface area contributed by atoms with Crippen LogP contribution in [0.3, 0.4) is 0 Å². The molecule has 0 aromatic carbocycles. The van der Waals surface area contributed by atoms with Gasteiger partial charge in [0, 0.05) is 12.3 Å². The van der Waals surface area contributed by atoms with Crippen molar-refractivity contribution in [2.45, 2.75) is 19.9 Å². The number of amidine groups is 1. The van der Waals surface area contributed by atoms with Gasteiger partial charge in [-0.1, -0.05) is 5.16 Å². The first-order valence-corrected chi connectivity index (χ1v) is 8.30. The summed E-state index contributed by atoms with van der Waals surface area (Å²) in [5.74, 6) is -0.309. The molecule has 0 unspecified atom stereocenters. The summed E-state index contributed by atoms with van der Waals surface area (Å²) in [4.78, 5) is 0. The lowest BCUT2D eigenvalue weighted by atomic mass is 10.4. The van der Waals surface area contributed by atoms with E-state index in [2.05, 4.69) is 5.16 Å². The van der Waals surface area contributed by atoms with Gasteiger partial charge in [0.1, 0.15) is 0 Å². The minimum atomic E-state index is -4.01. The molecule has 0 rings (SSSR count). The molecule has 0 radical (unpaired) electrons. The third-order valence-corrected chi connectivity index (χ3v) is 5.91. The predicted octanol–water partition coefficient (Wildman–Crippen LogP) is -1.22. The second kappa shape index (κ2) is 5.65. The average Bonchev–Trinajstić information content (AvgIpc) is 2.08. The van der Waals surface area contributed by atoms with Gasteiger partial charge in [0.2, 0.25) is 10.0 Å². The maximum absolute atomic E-state index is 11.8. The highest BCUT2D eigenvalue weighted by molar-refractivity contribution is 8.06. The third-order valence-electron chi connectivity index (χ3n) is 1.74. The van der Waals surface area contributed by atoms with Crippen LogP contribution in [0.5, 0.6) is 0 Å². The van der Waals surface area contributed by atoms with Crippen LogP contribution in [0.25, 0.3) is 0 Å². The van der Waals surface area contributed by atoms with Gasteiger partial charge in [0.15, 0.2) is 20.8 Å². The van der Waals surface area contributed by atoms with E-state index >= 15 is 0 Å². The van der Waals surface area contributed by atoms with Crippen molar-refractivity contribution in [1.82, 2.24) is 4.31 Å². The number of sulfonamides is 1. The zero-order chi connectivity index (χ0) is 13.9. The molecule has 17 heavy (non-hydrogen) atoms. The maximum atomic E-state index is 11.8. The summed E-state index contributed by atoms with van der Waals surface area (Å²) < 4.78 is 46.5. The fraction of sp³-hybridized carbons (Fsp3) is 0.857. The van der Waals surface area contributed by atoms with Gasteiger partial charge < -0.3 is 10.9 Å². The normalized spacial score (nSPS) is 14.5. The molecule has 0 saturated carbocycles. The molecule has 8 nitrogen and oxygen atoms in total. The Morgan fingerprint density at radius 1 is 1.35 bits per heavy atom. The molecule has 0 fully saturated rings. The number of rotatable bonds is 6. The molecule has 0 saturated heterocycles. The Hall–Kier alpha value is -0.870. The summed E-state index contributed by atoms with van der Waals surface area (Å²) in [6.45, 7) is 2.76. The van der Waals surface area contributed by atoms with Crippen LogP contribution in [0.1, 0.15) is 13.8 Å². The van der Waals surface area contributed by atoms with Crippen LogP contribution in [0.15, 0.2) is 5.16 Å². The number of hydrogen-bond acceptors (Lipinski definition) is 6. The summed E-state index contributed by atoms with van der Waals surface area (Å²) in [5.41, 5.74) is 5.22. The number of oxime groups is 1. The topological polar surface area (TPSA) is 130 Å². The molecular formula is C7H17N3O5S2. The van der Waals surface area contributed by atoms with Crippen LogP contribution >= 0.6 is 0 Å². The number of nitrogens with zero attached hydrogens (tertiary/aromatic N) is 2. The van der Waals surface area contributed by atoms with Gasteiger partial charge in [-0.3, -0.25) is 0 Å². The molecular weight excluding hydrogens is 270 g/mol. The molecule has 0 aromatic heterocycles. The van der Waals surface area contributed by atoms with Gasteiger partial charge in [0.25, 0.3) is 0 Å². The largest absolute Gasteiger partial charge is 0.409 e. The minimum absolute atomic E-state index is 0.309. The van der Waals surface area contributed by atoms with E-state index in [0.717, 1.165) is 10.6 Å². The Morgan fingerprint density at radius 2 is 1.82 bits per heavy atom. The highest BCUT2D eigenvalue weighted by Gasteiger charge is 2.29. The molecule has 0 aliphatic rings. The fourth-order valence-electron chi connectivity index (χ4n) is 1.13. The summed E-state index contributed by atoms with van der Waals surface area (Å²) in [6, 6.07) is -0.498. The van der Waals surface area contributed by atoms with Crippen molar-refractivity contribution >= 4 is 25.7 Å². The number of hydrogen-bond donors (Lipinski definition) is 2. The molecule has 0 aliphatic carbocycles. The van der Waals surface area contributed by atoms with Gasteiger partial charge in [-0.05, 0) is 13.8 Å². The summed E-state index contributed by atoms with van der Waals surface area (Å²) in [5, 5.41) is 10.0. The van der Waals surface area contributed by atoms with E-state index in [9.17, 15) is 16.8 Å². The van der Waals surface area contributed by atoms with Crippen molar-refractivity contribution in [3.05, 3.63) is 0 Å². The zero-order valence-corrected chi connectivity index (χ0v) is 11.5. The van der Waals surface area contributed by atoms with Gasteiger partial charge in [-0.15, -0.1) is 0 Å². The lowest BCUT2D eigenvalue weighted by Crippen LogP contribution is -2.44. The second-order valence-corrected chi connectivity index (χ2v) is 8.31. The third kappa shape index (κ3) is 5.84. The van der Waals surface area contributed by atoms with Crippen molar-refractivity contribution in [3.63, 3.8) is 0 Å². The zero-order valence-electron chi connectivity index (χ0n) is 9.86. The smallest absolute Gasteiger partial charge is 0.229 e. The maximum Gasteiger partial charge on any atom is 0.229 e. The molecule has 0 bridgehead atoms. The van der Waals surface area contributed by atoms with Crippen LogP contribution < -0.4 is 5.73 Å². The van der Waals surface area contributed by atoms with E-state index in [-0.39, 0.29) is 12.4 Å². The van der Waals surface area contributed by atoms with Crippen molar-refractivity contribution in [2.75, 3.05) is 17.9 Å². The molecule has 102 valence electrons. The Balaban J connectivity index is 5.21. The second-order valence-electron chi connectivity index (χ2n) is 3.89. The van der Waals surface area contributed by atoms with Crippen LogP contribution in [0.4, 0.5) is 0 Å². The van der Waals surface area contributed by atoms with E-state index in [0.29, 0.717) is 0 Å². The molecule has 0 aliphatic heterocycles. The van der Waals surface area contributed by atoms with E-state index in [4.69, 9.17) is 10.9 Å². The first-order valence-electron chi connectivity index (χ1n) is 4.63. The predicted molar refractivity (Wildman–Crippen MR) is 63.9 cm³/mol. The standard InChI is InChI=1S/C7H17N3O5S2/c1-6(2)10(4-7(8)9-11)17(14,15)5-16(3,12)13/h6,11H,4-5H2,1-3H3,(H2,8,9). The molecule has 0 amide bonds. The van der Waals surface area contributed by atoms with E-state index < -0.39 is 31.0 Å². The number of sulfone groups is 1.